The number of hydrogen-bond acceptors (Lipinski definition) is 4. The molecule has 0 radical (unpaired) electrons. The summed E-state index contributed by atoms with van der Waals surface area (Å²) >= 11 is 11.9. The summed E-state index contributed by atoms with van der Waals surface area (Å²) in [5, 5.41) is 3.27. The quantitative estimate of drug-likeness (QED) is 0.815. The number of amides is 2. The first kappa shape index (κ1) is 17.5. The molecule has 1 aromatic carbocycles. The molecule has 0 aliphatic carbocycles. The Hall–Kier alpha value is -2.31. The molecular formula is C17H16Cl2N4O2. The molecule has 2 heterocycles. The number of carbonyl (C=O) groups is 2. The van der Waals surface area contributed by atoms with E-state index in [1.807, 2.05) is 18.2 Å². The van der Waals surface area contributed by atoms with Crippen LogP contribution >= 0.6 is 23.2 Å². The molecule has 1 aromatic heterocycles. The number of rotatable bonds is 2. The Kier molecular flexibility index (Phi) is 5.40. The summed E-state index contributed by atoms with van der Waals surface area (Å²) in [7, 11) is 0. The van der Waals surface area contributed by atoms with Gasteiger partial charge in [-0.15, -0.1) is 0 Å². The van der Waals surface area contributed by atoms with Gasteiger partial charge in [-0.2, -0.15) is 0 Å². The van der Waals surface area contributed by atoms with Gasteiger partial charge in [0.15, 0.2) is 0 Å². The fourth-order valence-corrected chi connectivity index (χ4v) is 2.93. The van der Waals surface area contributed by atoms with Gasteiger partial charge in [-0.25, -0.2) is 4.98 Å². The van der Waals surface area contributed by atoms with Crippen molar-refractivity contribution in [3.63, 3.8) is 0 Å². The highest BCUT2D eigenvalue weighted by molar-refractivity contribution is 6.42. The number of pyridine rings is 1. The number of aromatic nitrogens is 1. The van der Waals surface area contributed by atoms with Gasteiger partial charge in [0.1, 0.15) is 5.82 Å². The lowest BCUT2D eigenvalue weighted by molar-refractivity contribution is -0.143. The largest absolute Gasteiger partial charge is 0.353 e. The molecule has 0 atom stereocenters. The normalized spacial score (nSPS) is 14.3. The highest BCUT2D eigenvalue weighted by Gasteiger charge is 2.26. The molecule has 3 rings (SSSR count). The Bertz CT molecular complexity index is 777. The van der Waals surface area contributed by atoms with Crippen LogP contribution in [0.4, 0.5) is 11.5 Å². The Morgan fingerprint density at radius 1 is 1.04 bits per heavy atom. The van der Waals surface area contributed by atoms with Crippen molar-refractivity contribution in [1.29, 1.82) is 0 Å². The van der Waals surface area contributed by atoms with Crippen molar-refractivity contribution < 1.29 is 9.59 Å². The molecule has 130 valence electrons. The van der Waals surface area contributed by atoms with Crippen LogP contribution < -0.4 is 10.2 Å². The molecule has 1 aliphatic heterocycles. The third-order valence-corrected chi connectivity index (χ3v) is 4.48. The zero-order chi connectivity index (χ0) is 17.8. The zero-order valence-corrected chi connectivity index (χ0v) is 14.8. The lowest BCUT2D eigenvalue weighted by Crippen LogP contribution is -2.51. The van der Waals surface area contributed by atoms with Gasteiger partial charge in [0.25, 0.3) is 0 Å². The molecule has 0 saturated carbocycles. The van der Waals surface area contributed by atoms with Gasteiger partial charge in [-0.3, -0.25) is 9.59 Å². The van der Waals surface area contributed by atoms with Gasteiger partial charge >= 0.3 is 11.8 Å². The first-order chi connectivity index (χ1) is 12.0. The Balaban J connectivity index is 1.58. The molecular weight excluding hydrogens is 363 g/mol. The van der Waals surface area contributed by atoms with E-state index in [4.69, 9.17) is 23.2 Å². The minimum absolute atomic E-state index is 0.319. The third kappa shape index (κ3) is 4.21. The summed E-state index contributed by atoms with van der Waals surface area (Å²) < 4.78 is 0. The van der Waals surface area contributed by atoms with Gasteiger partial charge in [0, 0.05) is 37.4 Å². The molecule has 8 heteroatoms. The van der Waals surface area contributed by atoms with E-state index in [0.29, 0.717) is 41.9 Å². The molecule has 1 N–H and O–H groups in total. The third-order valence-electron chi connectivity index (χ3n) is 3.91. The molecule has 2 aromatic rings. The van der Waals surface area contributed by atoms with Gasteiger partial charge in [-0.1, -0.05) is 29.3 Å². The fourth-order valence-electron chi connectivity index (χ4n) is 2.59. The Morgan fingerprint density at radius 2 is 1.80 bits per heavy atom. The SMILES string of the molecule is O=C(Nc1cc(Cl)ccc1Cl)C(=O)N1CCN(c2ccccn2)CC1. The van der Waals surface area contributed by atoms with E-state index < -0.39 is 11.8 Å². The standard InChI is InChI=1S/C17H16Cl2N4O2/c18-12-4-5-13(19)14(11-12)21-16(24)17(25)23-9-7-22(8-10-23)15-3-1-2-6-20-15/h1-6,11H,7-10H2,(H,21,24). The highest BCUT2D eigenvalue weighted by Crippen LogP contribution is 2.25. The van der Waals surface area contributed by atoms with E-state index in [9.17, 15) is 9.59 Å². The van der Waals surface area contributed by atoms with Gasteiger partial charge in [0.05, 0.1) is 10.7 Å². The average Bonchev–Trinajstić information content (AvgIpc) is 2.65. The van der Waals surface area contributed by atoms with Crippen molar-refractivity contribution in [2.45, 2.75) is 0 Å². The van der Waals surface area contributed by atoms with Crippen molar-refractivity contribution in [3.8, 4) is 0 Å². The van der Waals surface area contributed by atoms with Crippen LogP contribution in [0.2, 0.25) is 10.0 Å². The van der Waals surface area contributed by atoms with Crippen LogP contribution in [0.25, 0.3) is 0 Å². The van der Waals surface area contributed by atoms with Crippen LogP contribution in [0.15, 0.2) is 42.6 Å². The van der Waals surface area contributed by atoms with Crippen LogP contribution in [-0.4, -0.2) is 47.9 Å². The predicted octanol–water partition coefficient (Wildman–Crippen LogP) is 2.68. The number of anilines is 2. The van der Waals surface area contributed by atoms with Gasteiger partial charge in [-0.05, 0) is 30.3 Å². The maximum absolute atomic E-state index is 12.3. The van der Waals surface area contributed by atoms with Crippen LogP contribution in [-0.2, 0) is 9.59 Å². The number of piperazine rings is 1. The van der Waals surface area contributed by atoms with Crippen LogP contribution in [0.5, 0.6) is 0 Å². The number of nitrogens with one attached hydrogen (secondary N) is 1. The second kappa shape index (κ2) is 7.72. The summed E-state index contributed by atoms with van der Waals surface area (Å²) in [5.41, 5.74) is 0.319. The summed E-state index contributed by atoms with van der Waals surface area (Å²) in [6, 6.07) is 10.4. The number of halogens is 2. The Labute approximate surface area is 155 Å². The van der Waals surface area contributed by atoms with Crippen LogP contribution in [0.3, 0.4) is 0 Å². The predicted molar refractivity (Wildman–Crippen MR) is 98.1 cm³/mol. The first-order valence-electron chi connectivity index (χ1n) is 7.76. The smallest absolute Gasteiger partial charge is 0.313 e. The van der Waals surface area contributed by atoms with E-state index >= 15 is 0 Å². The molecule has 2 amide bonds. The van der Waals surface area contributed by atoms with Crippen molar-refractivity contribution >= 4 is 46.5 Å². The van der Waals surface area contributed by atoms with Crippen LogP contribution in [0, 0.1) is 0 Å². The van der Waals surface area contributed by atoms with E-state index in [1.165, 1.54) is 11.0 Å². The number of carbonyl (C=O) groups excluding carboxylic acids is 2. The molecule has 6 nitrogen and oxygen atoms in total. The molecule has 0 unspecified atom stereocenters. The minimum atomic E-state index is -0.726. The summed E-state index contributed by atoms with van der Waals surface area (Å²) in [4.78, 5) is 32.4. The maximum atomic E-state index is 12.3. The monoisotopic (exact) mass is 378 g/mol. The highest BCUT2D eigenvalue weighted by atomic mass is 35.5. The maximum Gasteiger partial charge on any atom is 0.313 e. The van der Waals surface area contributed by atoms with Gasteiger partial charge in [0.2, 0.25) is 0 Å². The zero-order valence-electron chi connectivity index (χ0n) is 13.3. The number of benzene rings is 1. The van der Waals surface area contributed by atoms with Crippen molar-refractivity contribution in [1.82, 2.24) is 9.88 Å². The topological polar surface area (TPSA) is 65.5 Å². The minimum Gasteiger partial charge on any atom is -0.353 e. The summed E-state index contributed by atoms with van der Waals surface area (Å²) in [6.45, 7) is 2.14. The van der Waals surface area contributed by atoms with Gasteiger partial charge < -0.3 is 15.1 Å². The lowest BCUT2D eigenvalue weighted by Gasteiger charge is -2.35. The average molecular weight is 379 g/mol. The first-order valence-corrected chi connectivity index (χ1v) is 8.51. The van der Waals surface area contributed by atoms with Crippen molar-refractivity contribution in [2.75, 3.05) is 36.4 Å². The summed E-state index contributed by atoms with van der Waals surface area (Å²) in [5.74, 6) is -0.447. The van der Waals surface area contributed by atoms with E-state index in [1.54, 1.807) is 18.3 Å². The molecule has 0 spiro atoms. The number of hydrogen-bond donors (Lipinski definition) is 1. The number of nitrogens with zero attached hydrogens (tertiary/aromatic N) is 3. The van der Waals surface area contributed by atoms with E-state index in [0.717, 1.165) is 5.82 Å². The van der Waals surface area contributed by atoms with Crippen molar-refractivity contribution in [2.24, 2.45) is 0 Å². The lowest BCUT2D eigenvalue weighted by atomic mass is 10.2. The second-order valence-electron chi connectivity index (χ2n) is 5.55. The fraction of sp³-hybridized carbons (Fsp3) is 0.235. The van der Waals surface area contributed by atoms with Crippen molar-refractivity contribution in [3.05, 3.63) is 52.6 Å². The molecule has 0 bridgehead atoms. The molecule has 1 saturated heterocycles. The summed E-state index contributed by atoms with van der Waals surface area (Å²) in [6.07, 6.45) is 1.73. The second-order valence-corrected chi connectivity index (χ2v) is 6.39. The Morgan fingerprint density at radius 3 is 2.48 bits per heavy atom. The van der Waals surface area contributed by atoms with E-state index in [-0.39, 0.29) is 0 Å². The molecule has 1 fully saturated rings. The van der Waals surface area contributed by atoms with E-state index in [2.05, 4.69) is 15.2 Å². The molecule has 25 heavy (non-hydrogen) atoms. The molecule has 1 aliphatic rings. The van der Waals surface area contributed by atoms with Crippen LogP contribution in [0.1, 0.15) is 0 Å².